The molecule has 0 amide bonds. The van der Waals surface area contributed by atoms with Crippen molar-refractivity contribution in [1.29, 1.82) is 0 Å². The van der Waals surface area contributed by atoms with Crippen molar-refractivity contribution in [2.24, 2.45) is 0 Å². The lowest BCUT2D eigenvalue weighted by atomic mass is 10.2. The summed E-state index contributed by atoms with van der Waals surface area (Å²) in [6, 6.07) is 0. The van der Waals surface area contributed by atoms with Gasteiger partial charge < -0.3 is 5.11 Å². The lowest BCUT2D eigenvalue weighted by molar-refractivity contribution is 0.174. The van der Waals surface area contributed by atoms with Crippen LogP contribution in [0.4, 0.5) is 0 Å². The van der Waals surface area contributed by atoms with E-state index >= 15 is 0 Å². The molecule has 0 fully saturated rings. The van der Waals surface area contributed by atoms with Crippen LogP contribution in [0.1, 0.15) is 19.8 Å². The maximum Gasteiger partial charge on any atom is 0.0571 e. The third kappa shape index (κ3) is 3.53. The molecule has 0 aromatic rings. The maximum absolute atomic E-state index is 8.79. The first kappa shape index (κ1) is 6.70. The highest BCUT2D eigenvalue weighted by Crippen LogP contribution is 1.94. The molecule has 1 nitrogen and oxygen atoms in total. The Kier molecular flexibility index (Phi) is 3.71. The molecule has 0 aliphatic rings. The minimum absolute atomic E-state index is 0.169. The minimum Gasteiger partial charge on any atom is -0.393 e. The van der Waals surface area contributed by atoms with Crippen LogP contribution in [0.15, 0.2) is 12.7 Å². The summed E-state index contributed by atoms with van der Waals surface area (Å²) >= 11 is 0. The first-order valence-electron chi connectivity index (χ1n) is 2.60. The lowest BCUT2D eigenvalue weighted by Gasteiger charge is -1.99. The van der Waals surface area contributed by atoms with Crippen molar-refractivity contribution >= 4 is 0 Å². The molecule has 0 saturated carbocycles. The van der Waals surface area contributed by atoms with Crippen LogP contribution in [0.25, 0.3) is 0 Å². The summed E-state index contributed by atoms with van der Waals surface area (Å²) in [6.07, 6.45) is 3.11. The second-order valence-electron chi connectivity index (χ2n) is 1.59. The molecule has 0 spiro atoms. The summed E-state index contributed by atoms with van der Waals surface area (Å²) in [6.45, 7) is 5.44. The summed E-state index contributed by atoms with van der Waals surface area (Å²) in [5.74, 6) is 0. The van der Waals surface area contributed by atoms with Gasteiger partial charge in [-0.15, -0.1) is 6.58 Å². The van der Waals surface area contributed by atoms with E-state index in [4.69, 9.17) is 5.11 Å². The van der Waals surface area contributed by atoms with Crippen molar-refractivity contribution in [1.82, 2.24) is 0 Å². The second-order valence-corrected chi connectivity index (χ2v) is 1.59. The summed E-state index contributed by atoms with van der Waals surface area (Å²) < 4.78 is 0. The van der Waals surface area contributed by atoms with E-state index < -0.39 is 0 Å². The average molecular weight is 100 g/mol. The molecule has 0 heterocycles. The Morgan fingerprint density at radius 1 is 1.86 bits per heavy atom. The van der Waals surface area contributed by atoms with E-state index in [1.54, 1.807) is 6.08 Å². The van der Waals surface area contributed by atoms with Crippen molar-refractivity contribution in [2.75, 3.05) is 0 Å². The molecule has 0 bridgehead atoms. The third-order valence-corrected chi connectivity index (χ3v) is 0.910. The molecule has 7 heavy (non-hydrogen) atoms. The zero-order chi connectivity index (χ0) is 5.70. The molecule has 0 aromatic heterocycles. The average Bonchev–Trinajstić information content (AvgIpc) is 1.68. The number of aliphatic hydroxyl groups is 1. The smallest absolute Gasteiger partial charge is 0.0571 e. The topological polar surface area (TPSA) is 20.2 Å². The van der Waals surface area contributed by atoms with Gasteiger partial charge in [0.05, 0.1) is 6.10 Å². The number of hydrogen-bond donors (Lipinski definition) is 1. The van der Waals surface area contributed by atoms with Gasteiger partial charge in [0.15, 0.2) is 0 Å². The van der Waals surface area contributed by atoms with Gasteiger partial charge in [0.1, 0.15) is 0 Å². The summed E-state index contributed by atoms with van der Waals surface area (Å²) in [7, 11) is 0. The maximum atomic E-state index is 8.79. The molecule has 0 saturated heterocycles. The first-order chi connectivity index (χ1) is 3.31. The van der Waals surface area contributed by atoms with E-state index in [9.17, 15) is 0 Å². The molecule has 1 atom stereocenters. The van der Waals surface area contributed by atoms with Crippen LogP contribution in [-0.2, 0) is 0 Å². The Labute approximate surface area is 44.7 Å². The fourth-order valence-corrected chi connectivity index (χ4v) is 0.359. The van der Waals surface area contributed by atoms with E-state index in [-0.39, 0.29) is 6.10 Å². The Bertz CT molecular complexity index is 50.1. The van der Waals surface area contributed by atoms with Gasteiger partial charge in [0.2, 0.25) is 0 Å². The van der Waals surface area contributed by atoms with Crippen molar-refractivity contribution in [2.45, 2.75) is 25.9 Å². The Balaban J connectivity index is 2.98. The molecule has 0 aromatic carbocycles. The summed E-state index contributed by atoms with van der Waals surface area (Å²) in [5, 5.41) is 8.79. The van der Waals surface area contributed by atoms with Crippen molar-refractivity contribution in [3.8, 4) is 0 Å². The molecule has 1 heteroatoms. The first-order valence-corrected chi connectivity index (χ1v) is 2.60. The van der Waals surface area contributed by atoms with Crippen LogP contribution in [0.5, 0.6) is 0 Å². The normalized spacial score (nSPS) is 13.4. The summed E-state index contributed by atoms with van der Waals surface area (Å²) in [4.78, 5) is 0. The zero-order valence-corrected chi connectivity index (χ0v) is 4.72. The number of rotatable bonds is 3. The number of aliphatic hydroxyl groups excluding tert-OH is 1. The fraction of sp³-hybridized carbons (Fsp3) is 0.667. The number of hydrogen-bond acceptors (Lipinski definition) is 1. The SMILES string of the molecule is C=CC[C@@H](O)CC. The van der Waals surface area contributed by atoms with Crippen molar-refractivity contribution in [3.05, 3.63) is 12.7 Å². The minimum atomic E-state index is -0.169. The molecule has 1 N–H and O–H groups in total. The van der Waals surface area contributed by atoms with Gasteiger partial charge in [-0.05, 0) is 12.8 Å². The van der Waals surface area contributed by atoms with Crippen molar-refractivity contribution < 1.29 is 5.11 Å². The highest BCUT2D eigenvalue weighted by atomic mass is 16.3. The Hall–Kier alpha value is -0.300. The third-order valence-electron chi connectivity index (χ3n) is 0.910. The van der Waals surface area contributed by atoms with E-state index in [0.717, 1.165) is 12.8 Å². The van der Waals surface area contributed by atoms with Gasteiger partial charge in [0, 0.05) is 0 Å². The van der Waals surface area contributed by atoms with Crippen molar-refractivity contribution in [3.63, 3.8) is 0 Å². The molecule has 0 radical (unpaired) electrons. The second kappa shape index (κ2) is 3.88. The Morgan fingerprint density at radius 2 is 2.43 bits per heavy atom. The monoisotopic (exact) mass is 100 g/mol. The van der Waals surface area contributed by atoms with E-state index in [2.05, 4.69) is 6.58 Å². The molecule has 42 valence electrons. The molecule has 0 unspecified atom stereocenters. The van der Waals surface area contributed by atoms with Gasteiger partial charge in [-0.2, -0.15) is 0 Å². The van der Waals surface area contributed by atoms with Crippen LogP contribution in [0, 0.1) is 0 Å². The van der Waals surface area contributed by atoms with Crippen LogP contribution in [-0.4, -0.2) is 11.2 Å². The van der Waals surface area contributed by atoms with Gasteiger partial charge in [0.25, 0.3) is 0 Å². The van der Waals surface area contributed by atoms with E-state index in [0.29, 0.717) is 0 Å². The largest absolute Gasteiger partial charge is 0.393 e. The van der Waals surface area contributed by atoms with Crippen LogP contribution in [0.3, 0.4) is 0 Å². The van der Waals surface area contributed by atoms with Gasteiger partial charge in [-0.3, -0.25) is 0 Å². The van der Waals surface area contributed by atoms with Crippen LogP contribution < -0.4 is 0 Å². The molecular weight excluding hydrogens is 88.1 g/mol. The fourth-order valence-electron chi connectivity index (χ4n) is 0.359. The molecule has 0 aliphatic heterocycles. The highest BCUT2D eigenvalue weighted by Gasteiger charge is 1.92. The van der Waals surface area contributed by atoms with Gasteiger partial charge >= 0.3 is 0 Å². The molecule has 0 rings (SSSR count). The lowest BCUT2D eigenvalue weighted by Crippen LogP contribution is -2.00. The van der Waals surface area contributed by atoms with E-state index in [1.807, 2.05) is 6.92 Å². The predicted molar refractivity (Wildman–Crippen MR) is 31.1 cm³/mol. The quantitative estimate of drug-likeness (QED) is 0.530. The van der Waals surface area contributed by atoms with E-state index in [1.165, 1.54) is 0 Å². The van der Waals surface area contributed by atoms with Crippen LogP contribution >= 0.6 is 0 Å². The molecule has 0 aliphatic carbocycles. The standard InChI is InChI=1S/C6H12O/c1-3-5-6(7)4-2/h3,6-7H,1,4-5H2,2H3/t6-/m0/s1. The molecular formula is C6H12O. The van der Waals surface area contributed by atoms with Gasteiger partial charge in [-0.1, -0.05) is 13.0 Å². The predicted octanol–water partition coefficient (Wildman–Crippen LogP) is 1.33. The zero-order valence-electron chi connectivity index (χ0n) is 4.72. The highest BCUT2D eigenvalue weighted by molar-refractivity contribution is 4.70. The Morgan fingerprint density at radius 3 is 2.57 bits per heavy atom. The van der Waals surface area contributed by atoms with Crippen LogP contribution in [0.2, 0.25) is 0 Å². The van der Waals surface area contributed by atoms with Gasteiger partial charge in [-0.25, -0.2) is 0 Å². The summed E-state index contributed by atoms with van der Waals surface area (Å²) in [5.41, 5.74) is 0.